The lowest BCUT2D eigenvalue weighted by atomic mass is 10.2. The minimum atomic E-state index is -0.494. The van der Waals surface area contributed by atoms with Gasteiger partial charge in [-0.25, -0.2) is 9.37 Å². The van der Waals surface area contributed by atoms with Crippen molar-refractivity contribution >= 4 is 46.2 Å². The molecule has 0 aliphatic carbocycles. The Morgan fingerprint density at radius 3 is 2.81 bits per heavy atom. The Labute approximate surface area is 157 Å². The summed E-state index contributed by atoms with van der Waals surface area (Å²) >= 11 is 1.98. The van der Waals surface area contributed by atoms with Gasteiger partial charge in [-0.2, -0.15) is 0 Å². The average molecular weight is 391 g/mol. The van der Waals surface area contributed by atoms with Crippen molar-refractivity contribution in [2.45, 2.75) is 6.92 Å². The lowest BCUT2D eigenvalue weighted by Crippen LogP contribution is -2.37. The maximum Gasteiger partial charge on any atom is 0.293 e. The number of aryl methyl sites for hydroxylation is 1. The van der Waals surface area contributed by atoms with Crippen LogP contribution in [0, 0.1) is 12.7 Å². The molecule has 2 heterocycles. The number of halogens is 1. The maximum atomic E-state index is 13.7. The van der Waals surface area contributed by atoms with E-state index in [0.717, 1.165) is 16.7 Å². The van der Waals surface area contributed by atoms with Crippen LogP contribution >= 0.6 is 23.1 Å². The van der Waals surface area contributed by atoms with E-state index < -0.39 is 17.0 Å². The quantitative estimate of drug-likeness (QED) is 0.793. The molecule has 134 valence electrons. The van der Waals surface area contributed by atoms with E-state index in [9.17, 15) is 18.8 Å². The number of hydrogen-bond donors (Lipinski definition) is 1. The molecule has 26 heavy (non-hydrogen) atoms. The van der Waals surface area contributed by atoms with Crippen molar-refractivity contribution in [3.8, 4) is 0 Å². The third kappa shape index (κ3) is 3.83. The smallest absolute Gasteiger partial charge is 0.293 e. The number of nitrogens with zero attached hydrogens (tertiary/aromatic N) is 2. The molecule has 0 saturated carbocycles. The average Bonchev–Trinajstić information content (AvgIpc) is 3.15. The minimum Gasteiger partial charge on any atom is -0.349 e. The summed E-state index contributed by atoms with van der Waals surface area (Å²) in [4.78, 5) is 42.1. The number of amides is 3. The standard InChI is InChI=1S/C17H14FN3O3S2/c1-10-14(25-9-20-10)15(22)19-6-7-21-16(23)13(26-17(21)24)8-11-4-2-3-5-12(11)18/h2-5,8-9H,6-7H2,1H3,(H,19,22). The molecule has 1 aliphatic heterocycles. The molecule has 1 aliphatic rings. The molecule has 0 bridgehead atoms. The highest BCUT2D eigenvalue weighted by atomic mass is 32.2. The third-order valence-electron chi connectivity index (χ3n) is 3.64. The molecule has 1 fully saturated rings. The number of thioether (sulfide) groups is 1. The number of hydrogen-bond acceptors (Lipinski definition) is 6. The zero-order valence-corrected chi connectivity index (χ0v) is 15.3. The first-order valence-electron chi connectivity index (χ1n) is 7.65. The summed E-state index contributed by atoms with van der Waals surface area (Å²) < 4.78 is 13.7. The Morgan fingerprint density at radius 1 is 1.35 bits per heavy atom. The molecule has 1 N–H and O–H groups in total. The van der Waals surface area contributed by atoms with E-state index in [1.54, 1.807) is 24.6 Å². The summed E-state index contributed by atoms with van der Waals surface area (Å²) in [5, 5.41) is 2.22. The number of carbonyl (C=O) groups is 3. The van der Waals surface area contributed by atoms with Crippen LogP contribution in [0.5, 0.6) is 0 Å². The zero-order chi connectivity index (χ0) is 18.7. The van der Waals surface area contributed by atoms with Crippen LogP contribution in [-0.2, 0) is 4.79 Å². The van der Waals surface area contributed by atoms with Crippen molar-refractivity contribution in [2.75, 3.05) is 13.1 Å². The van der Waals surface area contributed by atoms with Gasteiger partial charge in [-0.05, 0) is 30.8 Å². The van der Waals surface area contributed by atoms with Crippen LogP contribution < -0.4 is 5.32 Å². The molecule has 1 aromatic heterocycles. The number of aromatic nitrogens is 1. The zero-order valence-electron chi connectivity index (χ0n) is 13.7. The lowest BCUT2D eigenvalue weighted by Gasteiger charge is -2.12. The third-order valence-corrected chi connectivity index (χ3v) is 5.47. The molecule has 0 atom stereocenters. The summed E-state index contributed by atoms with van der Waals surface area (Å²) in [6.07, 6.45) is 1.36. The predicted molar refractivity (Wildman–Crippen MR) is 98.3 cm³/mol. The second kappa shape index (κ2) is 7.79. The topological polar surface area (TPSA) is 79.4 Å². The van der Waals surface area contributed by atoms with Crippen LogP contribution in [0.2, 0.25) is 0 Å². The van der Waals surface area contributed by atoms with E-state index in [0.29, 0.717) is 10.6 Å². The number of nitrogens with one attached hydrogen (secondary N) is 1. The predicted octanol–water partition coefficient (Wildman–Crippen LogP) is 3.06. The molecule has 1 aromatic carbocycles. The van der Waals surface area contributed by atoms with E-state index in [2.05, 4.69) is 10.3 Å². The van der Waals surface area contributed by atoms with E-state index in [4.69, 9.17) is 0 Å². The lowest BCUT2D eigenvalue weighted by molar-refractivity contribution is -0.122. The van der Waals surface area contributed by atoms with E-state index in [-0.39, 0.29) is 29.5 Å². The highest BCUT2D eigenvalue weighted by Gasteiger charge is 2.34. The molecule has 9 heteroatoms. The van der Waals surface area contributed by atoms with E-state index in [1.165, 1.54) is 29.5 Å². The fourth-order valence-corrected chi connectivity index (χ4v) is 3.88. The largest absolute Gasteiger partial charge is 0.349 e. The van der Waals surface area contributed by atoms with Gasteiger partial charge < -0.3 is 5.32 Å². The highest BCUT2D eigenvalue weighted by Crippen LogP contribution is 2.32. The number of thiazole rings is 1. The van der Waals surface area contributed by atoms with Crippen molar-refractivity contribution in [1.82, 2.24) is 15.2 Å². The van der Waals surface area contributed by atoms with Gasteiger partial charge in [0.1, 0.15) is 10.7 Å². The first-order valence-corrected chi connectivity index (χ1v) is 9.35. The van der Waals surface area contributed by atoms with Gasteiger partial charge >= 0.3 is 0 Å². The van der Waals surface area contributed by atoms with Gasteiger partial charge in [0.15, 0.2) is 0 Å². The molecule has 1 saturated heterocycles. The number of carbonyl (C=O) groups excluding carboxylic acids is 3. The van der Waals surface area contributed by atoms with Gasteiger partial charge in [-0.1, -0.05) is 18.2 Å². The first kappa shape index (κ1) is 18.3. The molecular weight excluding hydrogens is 377 g/mol. The van der Waals surface area contributed by atoms with Crippen LogP contribution in [-0.4, -0.2) is 40.0 Å². The Kier molecular flexibility index (Phi) is 5.48. The second-order valence-corrected chi connectivity index (χ2v) is 7.23. The van der Waals surface area contributed by atoms with Crippen molar-refractivity contribution in [3.63, 3.8) is 0 Å². The van der Waals surface area contributed by atoms with Gasteiger partial charge in [0.05, 0.1) is 16.1 Å². The highest BCUT2D eigenvalue weighted by molar-refractivity contribution is 8.18. The number of rotatable bonds is 5. The van der Waals surface area contributed by atoms with Crippen molar-refractivity contribution in [3.05, 3.63) is 56.6 Å². The van der Waals surface area contributed by atoms with Crippen LogP contribution in [0.15, 0.2) is 34.7 Å². The SMILES string of the molecule is Cc1ncsc1C(=O)NCCN1C(=O)SC(=Cc2ccccc2F)C1=O. The Bertz CT molecular complexity index is 910. The van der Waals surface area contributed by atoms with Crippen molar-refractivity contribution in [2.24, 2.45) is 0 Å². The summed E-state index contributed by atoms with van der Waals surface area (Å²) in [5.41, 5.74) is 2.45. The summed E-state index contributed by atoms with van der Waals surface area (Å²) in [5.74, 6) is -1.25. The summed E-state index contributed by atoms with van der Waals surface area (Å²) in [6, 6.07) is 6.01. The molecule has 0 radical (unpaired) electrons. The monoisotopic (exact) mass is 391 g/mol. The Hall–Kier alpha value is -2.52. The fraction of sp³-hybridized carbons (Fsp3) is 0.176. The molecule has 0 spiro atoms. The van der Waals surface area contributed by atoms with Crippen molar-refractivity contribution in [1.29, 1.82) is 0 Å². The van der Waals surface area contributed by atoms with E-state index in [1.807, 2.05) is 0 Å². The van der Waals surface area contributed by atoms with Gasteiger partial charge in [-0.15, -0.1) is 11.3 Å². The van der Waals surface area contributed by atoms with Gasteiger partial charge in [-0.3, -0.25) is 19.3 Å². The number of benzene rings is 1. The summed E-state index contributed by atoms with van der Waals surface area (Å²) in [7, 11) is 0. The van der Waals surface area contributed by atoms with E-state index >= 15 is 0 Å². The maximum absolute atomic E-state index is 13.7. The molecule has 2 aromatic rings. The Morgan fingerprint density at radius 2 is 2.12 bits per heavy atom. The van der Waals surface area contributed by atoms with Crippen LogP contribution in [0.1, 0.15) is 20.9 Å². The number of imide groups is 1. The molecule has 0 unspecified atom stereocenters. The Balaban J connectivity index is 1.62. The normalized spacial score (nSPS) is 15.8. The molecule has 3 rings (SSSR count). The van der Waals surface area contributed by atoms with Crippen LogP contribution in [0.4, 0.5) is 9.18 Å². The summed E-state index contributed by atoms with van der Waals surface area (Å²) in [6.45, 7) is 1.90. The second-order valence-electron chi connectivity index (χ2n) is 5.38. The first-order chi connectivity index (χ1) is 12.5. The van der Waals surface area contributed by atoms with Crippen molar-refractivity contribution < 1.29 is 18.8 Å². The molecule has 3 amide bonds. The minimum absolute atomic E-state index is 0.0445. The fourth-order valence-electron chi connectivity index (χ4n) is 2.31. The van der Waals surface area contributed by atoms with Crippen LogP contribution in [0.3, 0.4) is 0 Å². The van der Waals surface area contributed by atoms with Gasteiger partial charge in [0.25, 0.3) is 17.1 Å². The molecule has 6 nitrogen and oxygen atoms in total. The van der Waals surface area contributed by atoms with Crippen LogP contribution in [0.25, 0.3) is 6.08 Å². The van der Waals surface area contributed by atoms with Gasteiger partial charge in [0.2, 0.25) is 0 Å². The van der Waals surface area contributed by atoms with Gasteiger partial charge in [0, 0.05) is 18.7 Å². The molecular formula is C17H14FN3O3S2.